The van der Waals surface area contributed by atoms with Crippen molar-refractivity contribution >= 4 is 23.5 Å². The Bertz CT molecular complexity index is 1110. The van der Waals surface area contributed by atoms with Gasteiger partial charge in [0.2, 0.25) is 18.6 Å². The van der Waals surface area contributed by atoms with Crippen LogP contribution in [0.25, 0.3) is 0 Å². The Hall–Kier alpha value is -3.79. The molecule has 178 valence electrons. The molecule has 0 aliphatic carbocycles. The molecular weight excluding hydrogens is 440 g/mol. The predicted octanol–water partition coefficient (Wildman–Crippen LogP) is 1.95. The van der Waals surface area contributed by atoms with Gasteiger partial charge in [0.15, 0.2) is 11.5 Å². The minimum Gasteiger partial charge on any atom is -0.497 e. The highest BCUT2D eigenvalue weighted by Gasteiger charge is 2.47. The summed E-state index contributed by atoms with van der Waals surface area (Å²) in [7, 11) is 1.57. The second-order valence-corrected chi connectivity index (χ2v) is 8.44. The summed E-state index contributed by atoms with van der Waals surface area (Å²) < 4.78 is 15.9. The van der Waals surface area contributed by atoms with Crippen LogP contribution in [-0.4, -0.2) is 66.7 Å². The summed E-state index contributed by atoms with van der Waals surface area (Å²) in [6.45, 7) is 0.754. The SMILES string of the molecule is COc1ccc(NC(=O)CN2C(=O)N(Cc3ccc4c(c3)OCO4)C(=O)C3NCCCC32)cc1. The van der Waals surface area contributed by atoms with E-state index in [1.165, 1.54) is 9.80 Å². The van der Waals surface area contributed by atoms with Crippen molar-refractivity contribution in [2.75, 3.05) is 32.3 Å². The van der Waals surface area contributed by atoms with Gasteiger partial charge in [-0.1, -0.05) is 6.07 Å². The summed E-state index contributed by atoms with van der Waals surface area (Å²) in [5.74, 6) is 1.28. The normalized spacial score (nSPS) is 21.3. The molecule has 0 spiro atoms. The molecule has 34 heavy (non-hydrogen) atoms. The van der Waals surface area contributed by atoms with Crippen molar-refractivity contribution in [3.8, 4) is 17.2 Å². The lowest BCUT2D eigenvalue weighted by Gasteiger charge is -2.46. The molecular formula is C24H26N4O6. The Morgan fingerprint density at radius 3 is 2.74 bits per heavy atom. The predicted molar refractivity (Wildman–Crippen MR) is 122 cm³/mol. The number of urea groups is 1. The molecule has 3 aliphatic heterocycles. The zero-order valence-electron chi connectivity index (χ0n) is 18.8. The fraction of sp³-hybridized carbons (Fsp3) is 0.375. The summed E-state index contributed by atoms with van der Waals surface area (Å²) in [5.41, 5.74) is 1.34. The highest BCUT2D eigenvalue weighted by Crippen LogP contribution is 2.33. The van der Waals surface area contributed by atoms with E-state index >= 15 is 0 Å². The maximum atomic E-state index is 13.5. The molecule has 2 atom stereocenters. The minimum atomic E-state index is -0.547. The first-order chi connectivity index (χ1) is 16.5. The number of nitrogens with one attached hydrogen (secondary N) is 2. The van der Waals surface area contributed by atoms with Crippen molar-refractivity contribution in [3.05, 3.63) is 48.0 Å². The van der Waals surface area contributed by atoms with Crippen LogP contribution in [0.5, 0.6) is 17.2 Å². The van der Waals surface area contributed by atoms with E-state index in [4.69, 9.17) is 14.2 Å². The van der Waals surface area contributed by atoms with E-state index in [0.717, 1.165) is 12.0 Å². The van der Waals surface area contributed by atoms with Crippen molar-refractivity contribution in [1.29, 1.82) is 0 Å². The van der Waals surface area contributed by atoms with Crippen molar-refractivity contribution in [2.24, 2.45) is 0 Å². The number of rotatable bonds is 6. The number of methoxy groups -OCH3 is 1. The van der Waals surface area contributed by atoms with Crippen molar-refractivity contribution in [2.45, 2.75) is 31.5 Å². The van der Waals surface area contributed by atoms with E-state index in [0.29, 0.717) is 35.9 Å². The first-order valence-corrected chi connectivity index (χ1v) is 11.2. The summed E-state index contributed by atoms with van der Waals surface area (Å²) in [6.07, 6.45) is 1.48. The molecule has 2 fully saturated rings. The number of amides is 4. The number of piperidine rings is 1. The van der Waals surface area contributed by atoms with Crippen LogP contribution in [0.15, 0.2) is 42.5 Å². The molecule has 0 saturated carbocycles. The third kappa shape index (κ3) is 4.24. The van der Waals surface area contributed by atoms with Gasteiger partial charge in [0.05, 0.1) is 19.7 Å². The summed E-state index contributed by atoms with van der Waals surface area (Å²) in [4.78, 5) is 42.2. The number of ether oxygens (including phenoxy) is 3. The summed E-state index contributed by atoms with van der Waals surface area (Å²) >= 11 is 0. The van der Waals surface area contributed by atoms with Crippen molar-refractivity contribution in [1.82, 2.24) is 15.1 Å². The Labute approximate surface area is 196 Å². The van der Waals surface area contributed by atoms with Gasteiger partial charge in [-0.2, -0.15) is 0 Å². The van der Waals surface area contributed by atoms with Gasteiger partial charge in [0, 0.05) is 5.69 Å². The Balaban J connectivity index is 1.34. The maximum absolute atomic E-state index is 13.5. The van der Waals surface area contributed by atoms with E-state index < -0.39 is 12.1 Å². The fourth-order valence-corrected chi connectivity index (χ4v) is 4.60. The van der Waals surface area contributed by atoms with E-state index in [9.17, 15) is 14.4 Å². The number of benzene rings is 2. The van der Waals surface area contributed by atoms with Gasteiger partial charge in [-0.05, 0) is 61.3 Å². The maximum Gasteiger partial charge on any atom is 0.327 e. The second-order valence-electron chi connectivity index (χ2n) is 8.44. The molecule has 0 radical (unpaired) electrons. The minimum absolute atomic E-state index is 0.0792. The molecule has 5 rings (SSSR count). The highest BCUT2D eigenvalue weighted by atomic mass is 16.7. The van der Waals surface area contributed by atoms with Gasteiger partial charge in [0.25, 0.3) is 0 Å². The molecule has 2 aromatic rings. The lowest BCUT2D eigenvalue weighted by Crippen LogP contribution is -2.70. The van der Waals surface area contributed by atoms with Crippen LogP contribution < -0.4 is 24.8 Å². The van der Waals surface area contributed by atoms with Crippen molar-refractivity contribution in [3.63, 3.8) is 0 Å². The third-order valence-electron chi connectivity index (χ3n) is 6.30. The number of carbonyl (C=O) groups is 3. The van der Waals surface area contributed by atoms with Crippen LogP contribution in [0.3, 0.4) is 0 Å². The van der Waals surface area contributed by atoms with Gasteiger partial charge >= 0.3 is 6.03 Å². The van der Waals surface area contributed by atoms with Crippen LogP contribution in [-0.2, 0) is 16.1 Å². The molecule has 10 heteroatoms. The van der Waals surface area contributed by atoms with E-state index in [1.54, 1.807) is 49.6 Å². The third-order valence-corrected chi connectivity index (χ3v) is 6.30. The number of fused-ring (bicyclic) bond motifs is 2. The Kier molecular flexibility index (Phi) is 5.97. The molecule has 10 nitrogen and oxygen atoms in total. The number of hydrogen-bond acceptors (Lipinski definition) is 7. The zero-order valence-corrected chi connectivity index (χ0v) is 18.8. The zero-order chi connectivity index (χ0) is 23.7. The first kappa shape index (κ1) is 22.0. The lowest BCUT2D eigenvalue weighted by molar-refractivity contribution is -0.138. The largest absolute Gasteiger partial charge is 0.497 e. The van der Waals surface area contributed by atoms with E-state index in [2.05, 4.69) is 10.6 Å². The fourth-order valence-electron chi connectivity index (χ4n) is 4.60. The van der Waals surface area contributed by atoms with Crippen molar-refractivity contribution < 1.29 is 28.6 Å². The number of anilines is 1. The molecule has 2 N–H and O–H groups in total. The Morgan fingerprint density at radius 2 is 1.94 bits per heavy atom. The van der Waals surface area contributed by atoms with Crippen LogP contribution in [0, 0.1) is 0 Å². The monoisotopic (exact) mass is 466 g/mol. The van der Waals surface area contributed by atoms with Gasteiger partial charge in [-0.15, -0.1) is 0 Å². The summed E-state index contributed by atoms with van der Waals surface area (Å²) in [6, 6.07) is 10.9. The quantitative estimate of drug-likeness (QED) is 0.670. The van der Waals surface area contributed by atoms with Gasteiger partial charge in [-0.25, -0.2) is 4.79 Å². The molecule has 3 aliphatic rings. The van der Waals surface area contributed by atoms with Gasteiger partial charge in [-0.3, -0.25) is 14.5 Å². The summed E-state index contributed by atoms with van der Waals surface area (Å²) in [5, 5.41) is 6.06. The molecule has 0 aromatic heterocycles. The molecule has 4 amide bonds. The molecule has 3 heterocycles. The topological polar surface area (TPSA) is 109 Å². The number of nitrogens with zero attached hydrogens (tertiary/aromatic N) is 2. The van der Waals surface area contributed by atoms with Crippen LogP contribution in [0.1, 0.15) is 18.4 Å². The second kappa shape index (κ2) is 9.22. The smallest absolute Gasteiger partial charge is 0.327 e. The lowest BCUT2D eigenvalue weighted by atomic mass is 9.93. The average molecular weight is 466 g/mol. The van der Waals surface area contributed by atoms with E-state index in [1.807, 2.05) is 0 Å². The first-order valence-electron chi connectivity index (χ1n) is 11.2. The van der Waals surface area contributed by atoms with Crippen LogP contribution in [0.2, 0.25) is 0 Å². The molecule has 0 bridgehead atoms. The number of carbonyl (C=O) groups excluding carboxylic acids is 3. The van der Waals surface area contributed by atoms with E-state index in [-0.39, 0.29) is 37.7 Å². The standard InChI is InChI=1S/C24H26N4O6/c1-32-17-7-5-16(6-8-17)26-21(29)13-27-18-3-2-10-25-22(18)23(30)28(24(27)31)12-15-4-9-19-20(11-15)34-14-33-19/h4-9,11,18,22,25H,2-3,10,12-14H2,1H3,(H,26,29). The van der Waals surface area contributed by atoms with Gasteiger partial charge in [0.1, 0.15) is 18.3 Å². The van der Waals surface area contributed by atoms with Gasteiger partial charge < -0.3 is 29.7 Å². The molecule has 2 aromatic carbocycles. The Morgan fingerprint density at radius 1 is 1.15 bits per heavy atom. The van der Waals surface area contributed by atoms with Crippen LogP contribution in [0.4, 0.5) is 10.5 Å². The van der Waals surface area contributed by atoms with Crippen LogP contribution >= 0.6 is 0 Å². The highest BCUT2D eigenvalue weighted by molar-refractivity contribution is 6.02. The average Bonchev–Trinajstić information content (AvgIpc) is 3.33. The molecule has 2 saturated heterocycles. The molecule has 2 unspecified atom stereocenters. The number of hydrogen-bond donors (Lipinski definition) is 2. The number of imide groups is 1.